The molecule has 0 saturated heterocycles. The van der Waals surface area contributed by atoms with E-state index in [2.05, 4.69) is 28.5 Å². The fraction of sp³-hybridized carbons (Fsp3) is 0.400. The minimum absolute atomic E-state index is 0.00918. The van der Waals surface area contributed by atoms with Crippen LogP contribution in [0.5, 0.6) is 0 Å². The third kappa shape index (κ3) is 6.90. The first-order valence-electron chi connectivity index (χ1n) is 11.2. The third-order valence-corrected chi connectivity index (χ3v) is 4.79. The number of nitrogens with one attached hydrogen (secondary N) is 1. The van der Waals surface area contributed by atoms with E-state index in [1.165, 1.54) is 6.08 Å². The maximum absolute atomic E-state index is 15.2. The lowest BCUT2D eigenvalue weighted by molar-refractivity contribution is -0.131. The van der Waals surface area contributed by atoms with Gasteiger partial charge in [0.1, 0.15) is 0 Å². The maximum atomic E-state index is 15.2. The number of aromatic amines is 1. The topological polar surface area (TPSA) is 66.8 Å². The highest BCUT2D eigenvalue weighted by molar-refractivity contribution is 5.78. The smallest absolute Gasteiger partial charge is 0.224 e. The van der Waals surface area contributed by atoms with Crippen molar-refractivity contribution in [3.63, 3.8) is 0 Å². The zero-order chi connectivity index (χ0) is 24.1. The van der Waals surface area contributed by atoms with E-state index in [1.54, 1.807) is 28.1 Å². The van der Waals surface area contributed by atoms with Gasteiger partial charge in [-0.2, -0.15) is 0 Å². The summed E-state index contributed by atoms with van der Waals surface area (Å²) in [5.41, 5.74) is 3.15. The van der Waals surface area contributed by atoms with Gasteiger partial charge in [0.25, 0.3) is 0 Å². The SMILES string of the molecule is C=C/C(C1=CCCN(C(=O)CCn2ccnn2)C1)=C(/F)c1[nH]c(C=C)cc1C.CC.CC. The molecule has 1 N–H and O–H groups in total. The summed E-state index contributed by atoms with van der Waals surface area (Å²) in [5, 5.41) is 7.60. The van der Waals surface area contributed by atoms with Gasteiger partial charge in [-0.25, -0.2) is 4.39 Å². The Labute approximate surface area is 191 Å². The van der Waals surface area contributed by atoms with Crippen LogP contribution in [0.2, 0.25) is 0 Å². The van der Waals surface area contributed by atoms with Crippen LogP contribution in [-0.2, 0) is 11.3 Å². The largest absolute Gasteiger partial charge is 0.353 e. The van der Waals surface area contributed by atoms with Crippen LogP contribution < -0.4 is 0 Å². The van der Waals surface area contributed by atoms with Crippen molar-refractivity contribution in [2.75, 3.05) is 13.1 Å². The molecular formula is C25H36FN5O. The molecule has 0 aromatic carbocycles. The number of aryl methyl sites for hydroxylation is 2. The molecule has 0 atom stereocenters. The van der Waals surface area contributed by atoms with E-state index in [0.29, 0.717) is 43.7 Å². The van der Waals surface area contributed by atoms with Crippen LogP contribution >= 0.6 is 0 Å². The minimum Gasteiger partial charge on any atom is -0.353 e. The molecule has 0 saturated carbocycles. The summed E-state index contributed by atoms with van der Waals surface area (Å²) in [4.78, 5) is 17.4. The van der Waals surface area contributed by atoms with Crippen LogP contribution in [0.1, 0.15) is 57.5 Å². The summed E-state index contributed by atoms with van der Waals surface area (Å²) >= 11 is 0. The summed E-state index contributed by atoms with van der Waals surface area (Å²) in [7, 11) is 0. The van der Waals surface area contributed by atoms with Crippen molar-refractivity contribution in [3.8, 4) is 0 Å². The van der Waals surface area contributed by atoms with E-state index < -0.39 is 0 Å². The highest BCUT2D eigenvalue weighted by atomic mass is 19.1. The van der Waals surface area contributed by atoms with Gasteiger partial charge in [0, 0.05) is 37.0 Å². The van der Waals surface area contributed by atoms with E-state index in [1.807, 2.05) is 46.8 Å². The Kier molecular flexibility index (Phi) is 11.7. The van der Waals surface area contributed by atoms with Gasteiger partial charge in [0.2, 0.25) is 5.91 Å². The number of aromatic nitrogens is 4. The number of nitrogens with zero attached hydrogens (tertiary/aromatic N) is 4. The van der Waals surface area contributed by atoms with Crippen molar-refractivity contribution < 1.29 is 9.18 Å². The number of H-pyrrole nitrogens is 1. The summed E-state index contributed by atoms with van der Waals surface area (Å²) < 4.78 is 16.9. The van der Waals surface area contributed by atoms with E-state index in [9.17, 15) is 4.79 Å². The first-order valence-corrected chi connectivity index (χ1v) is 11.2. The second-order valence-corrected chi connectivity index (χ2v) is 6.67. The highest BCUT2D eigenvalue weighted by Gasteiger charge is 2.22. The minimum atomic E-state index is -0.372. The van der Waals surface area contributed by atoms with Gasteiger partial charge in [0.15, 0.2) is 5.83 Å². The number of allylic oxidation sites excluding steroid dienone is 1. The highest BCUT2D eigenvalue weighted by Crippen LogP contribution is 2.30. The molecular weight excluding hydrogens is 405 g/mol. The van der Waals surface area contributed by atoms with Crippen molar-refractivity contribution >= 4 is 17.8 Å². The molecule has 0 bridgehead atoms. The Morgan fingerprint density at radius 3 is 2.56 bits per heavy atom. The molecule has 2 aromatic rings. The maximum Gasteiger partial charge on any atom is 0.224 e. The predicted octanol–water partition coefficient (Wildman–Crippen LogP) is 5.73. The molecule has 7 heteroatoms. The molecule has 0 radical (unpaired) electrons. The summed E-state index contributed by atoms with van der Waals surface area (Å²) in [5.74, 6) is -0.362. The molecule has 0 spiro atoms. The molecule has 0 aliphatic carbocycles. The molecule has 1 aliphatic heterocycles. The van der Waals surface area contributed by atoms with Crippen molar-refractivity contribution in [1.82, 2.24) is 24.9 Å². The predicted molar refractivity (Wildman–Crippen MR) is 130 cm³/mol. The lowest BCUT2D eigenvalue weighted by atomic mass is 9.98. The Morgan fingerprint density at radius 2 is 2.00 bits per heavy atom. The average molecular weight is 442 g/mol. The standard InChI is InChI=1S/C21H24FN5O.2C2H6/c1-4-17-13-15(3)21(24-17)20(22)18(5-2)16-7-6-10-26(14-16)19(28)8-11-27-12-9-23-25-27;2*1-2/h4-5,7,9,12-13,24H,1-2,6,8,10-11,14H2,3H3;2*1-2H3/b20-18-;;. The van der Waals surface area contributed by atoms with Crippen LogP contribution in [0, 0.1) is 6.92 Å². The number of hydrogen-bond acceptors (Lipinski definition) is 3. The van der Waals surface area contributed by atoms with E-state index in [-0.39, 0.29) is 11.7 Å². The lowest BCUT2D eigenvalue weighted by Crippen LogP contribution is -2.36. The molecule has 1 aliphatic rings. The van der Waals surface area contributed by atoms with E-state index in [4.69, 9.17) is 0 Å². The first kappa shape index (κ1) is 26.8. The number of hydrogen-bond donors (Lipinski definition) is 1. The Balaban J connectivity index is 0.00000121. The molecule has 0 unspecified atom stereocenters. The summed E-state index contributed by atoms with van der Waals surface area (Å²) in [6.45, 7) is 18.8. The van der Waals surface area contributed by atoms with Crippen LogP contribution in [0.15, 0.2) is 54.9 Å². The van der Waals surface area contributed by atoms with Gasteiger partial charge in [-0.3, -0.25) is 9.48 Å². The molecule has 1 amide bonds. The average Bonchev–Trinajstić information content (AvgIpc) is 3.50. The number of rotatable bonds is 7. The van der Waals surface area contributed by atoms with Crippen molar-refractivity contribution in [2.24, 2.45) is 0 Å². The van der Waals surface area contributed by atoms with Crippen molar-refractivity contribution in [1.29, 1.82) is 0 Å². The number of carbonyl (C=O) groups is 1. The van der Waals surface area contributed by atoms with Gasteiger partial charge in [-0.05, 0) is 36.6 Å². The van der Waals surface area contributed by atoms with Crippen molar-refractivity contribution in [2.45, 2.75) is 54.0 Å². The first-order chi connectivity index (χ1) is 15.5. The fourth-order valence-electron chi connectivity index (χ4n) is 3.29. The van der Waals surface area contributed by atoms with Gasteiger partial charge in [-0.1, -0.05) is 58.2 Å². The van der Waals surface area contributed by atoms with Crippen LogP contribution in [0.3, 0.4) is 0 Å². The number of amides is 1. The second kappa shape index (κ2) is 14.0. The molecule has 6 nitrogen and oxygen atoms in total. The quantitative estimate of drug-likeness (QED) is 0.558. The second-order valence-electron chi connectivity index (χ2n) is 6.67. The van der Waals surface area contributed by atoms with Crippen molar-refractivity contribution in [3.05, 3.63) is 71.9 Å². The van der Waals surface area contributed by atoms with E-state index >= 15 is 4.39 Å². The molecule has 3 heterocycles. The Morgan fingerprint density at radius 1 is 1.28 bits per heavy atom. The Bertz CT molecular complexity index is 938. The molecule has 174 valence electrons. The van der Waals surface area contributed by atoms with Crippen LogP contribution in [0.4, 0.5) is 4.39 Å². The summed E-state index contributed by atoms with van der Waals surface area (Å²) in [6.07, 6.45) is 9.44. The van der Waals surface area contributed by atoms with Gasteiger partial charge in [0.05, 0.1) is 18.4 Å². The normalized spacial score (nSPS) is 13.6. The molecule has 3 rings (SSSR count). The monoisotopic (exact) mass is 441 g/mol. The molecule has 2 aromatic heterocycles. The van der Waals surface area contributed by atoms with Gasteiger partial charge < -0.3 is 9.88 Å². The van der Waals surface area contributed by atoms with Gasteiger partial charge in [-0.15, -0.1) is 5.10 Å². The van der Waals surface area contributed by atoms with Crippen LogP contribution in [-0.4, -0.2) is 43.9 Å². The van der Waals surface area contributed by atoms with E-state index in [0.717, 1.165) is 16.8 Å². The molecule has 32 heavy (non-hydrogen) atoms. The zero-order valence-corrected chi connectivity index (χ0v) is 20.0. The number of carbonyl (C=O) groups excluding carboxylic acids is 1. The Hall–Kier alpha value is -3.22. The lowest BCUT2D eigenvalue weighted by Gasteiger charge is -2.28. The summed E-state index contributed by atoms with van der Waals surface area (Å²) in [6, 6.07) is 1.85. The van der Waals surface area contributed by atoms with Crippen LogP contribution in [0.25, 0.3) is 11.9 Å². The molecule has 0 fully saturated rings. The number of halogens is 1. The fourth-order valence-corrected chi connectivity index (χ4v) is 3.29. The third-order valence-electron chi connectivity index (χ3n) is 4.79. The van der Waals surface area contributed by atoms with Gasteiger partial charge >= 0.3 is 0 Å². The zero-order valence-electron chi connectivity index (χ0n) is 20.0.